The van der Waals surface area contributed by atoms with E-state index in [-0.39, 0.29) is 23.0 Å². The fourth-order valence-corrected chi connectivity index (χ4v) is 11.5. The van der Waals surface area contributed by atoms with Crippen LogP contribution >= 0.6 is 0 Å². The van der Waals surface area contributed by atoms with Crippen LogP contribution in [-0.2, 0) is 16.2 Å². The first-order valence-electron chi connectivity index (χ1n) is 25.5. The van der Waals surface area contributed by atoms with Crippen molar-refractivity contribution < 1.29 is 0 Å². The third-order valence-electron chi connectivity index (χ3n) is 15.2. The maximum absolute atomic E-state index is 2.57. The number of anilines is 6. The molecule has 71 heavy (non-hydrogen) atoms. The van der Waals surface area contributed by atoms with Gasteiger partial charge in [0.2, 0.25) is 0 Å². The van der Waals surface area contributed by atoms with E-state index in [4.69, 9.17) is 0 Å². The van der Waals surface area contributed by atoms with E-state index in [2.05, 4.69) is 278 Å². The van der Waals surface area contributed by atoms with Gasteiger partial charge in [0.1, 0.15) is 0 Å². The fourth-order valence-electron chi connectivity index (χ4n) is 11.5. The highest BCUT2D eigenvalue weighted by Crippen LogP contribution is 2.50. The molecule has 3 heteroatoms. The molecule has 10 aromatic rings. The van der Waals surface area contributed by atoms with Crippen molar-refractivity contribution in [1.82, 2.24) is 0 Å². The minimum Gasteiger partial charge on any atom is -0.311 e. The minimum atomic E-state index is -0.134. The van der Waals surface area contributed by atoms with E-state index < -0.39 is 0 Å². The molecule has 2 aliphatic heterocycles. The zero-order chi connectivity index (χ0) is 49.0. The van der Waals surface area contributed by atoms with Gasteiger partial charge in [0.15, 0.2) is 0 Å². The van der Waals surface area contributed by atoms with Gasteiger partial charge in [0.05, 0.1) is 0 Å². The molecule has 12 rings (SSSR count). The standard InChI is InChI=1S/C68H61BN2/c1-66(2,3)48-33-35-57-59(42-48)70(51-25-15-11-16-26-51)61-40-46(41-62-65(61)69(57)58-36-34-49(67(4,5)6)43-60(58)71(62)52-27-17-12-18-28-52)45-37-47(39-50(38-45)68(7,8)9)64-55-31-21-19-29-53(55)63(44-23-13-10-14-24-44)54-30-20-22-32-56(54)64/h10-43H,1-9H3. The molecule has 346 valence electrons. The SMILES string of the molecule is CC(C)(C)c1cc(-c2cc3c4c(c2)N(c2ccccc2)c2cc(C(C)(C)C)ccc2B4c2ccc(C(C)(C)C)cc2N3c2ccccc2)cc(-c2c3ccccc3c(-c3ccccc3)c3ccccc23)c1. The Morgan fingerprint density at radius 3 is 1.08 bits per heavy atom. The molecule has 0 N–H and O–H groups in total. The Kier molecular flexibility index (Phi) is 10.4. The molecule has 0 saturated heterocycles. The summed E-state index contributed by atoms with van der Waals surface area (Å²) in [5.41, 5.74) is 22.3. The summed E-state index contributed by atoms with van der Waals surface area (Å²) in [7, 11) is 0. The molecular weight excluding hydrogens is 856 g/mol. The summed E-state index contributed by atoms with van der Waals surface area (Å²) in [5.74, 6) is 0. The number of nitrogens with zero attached hydrogens (tertiary/aromatic N) is 2. The van der Waals surface area contributed by atoms with Crippen molar-refractivity contribution in [2.45, 2.75) is 78.6 Å². The second-order valence-electron chi connectivity index (χ2n) is 23.0. The van der Waals surface area contributed by atoms with Gasteiger partial charge >= 0.3 is 0 Å². The maximum Gasteiger partial charge on any atom is 0.252 e. The zero-order valence-corrected chi connectivity index (χ0v) is 42.6. The summed E-state index contributed by atoms with van der Waals surface area (Å²) in [6.45, 7) is 21.1. The minimum absolute atomic E-state index is 0.0133. The number of fused-ring (bicyclic) bond motifs is 6. The van der Waals surface area contributed by atoms with Crippen LogP contribution in [0.4, 0.5) is 34.1 Å². The van der Waals surface area contributed by atoms with E-state index >= 15 is 0 Å². The summed E-state index contributed by atoms with van der Waals surface area (Å²) in [4.78, 5) is 5.14. The highest BCUT2D eigenvalue weighted by molar-refractivity contribution is 7.00. The molecule has 0 aliphatic carbocycles. The Labute approximate surface area is 421 Å². The van der Waals surface area contributed by atoms with Gasteiger partial charge in [-0.05, 0) is 159 Å². The maximum atomic E-state index is 2.57. The second-order valence-corrected chi connectivity index (χ2v) is 23.0. The molecule has 0 atom stereocenters. The molecule has 0 fully saturated rings. The Hall–Kier alpha value is -7.62. The van der Waals surface area contributed by atoms with Crippen LogP contribution in [0, 0.1) is 0 Å². The van der Waals surface area contributed by atoms with Crippen molar-refractivity contribution in [3.05, 3.63) is 223 Å². The molecule has 0 saturated carbocycles. The Bertz CT molecular complexity index is 3510. The van der Waals surface area contributed by atoms with Crippen molar-refractivity contribution in [2.75, 3.05) is 9.80 Å². The molecule has 2 nitrogen and oxygen atoms in total. The van der Waals surface area contributed by atoms with Gasteiger partial charge in [-0.15, -0.1) is 0 Å². The van der Waals surface area contributed by atoms with Gasteiger partial charge < -0.3 is 9.80 Å². The van der Waals surface area contributed by atoms with Crippen LogP contribution in [0.15, 0.2) is 206 Å². The van der Waals surface area contributed by atoms with Gasteiger partial charge in [-0.3, -0.25) is 0 Å². The molecule has 0 radical (unpaired) electrons. The summed E-state index contributed by atoms with van der Waals surface area (Å²) in [6.07, 6.45) is 0. The predicted molar refractivity (Wildman–Crippen MR) is 308 cm³/mol. The molecule has 0 bridgehead atoms. The summed E-state index contributed by atoms with van der Waals surface area (Å²) < 4.78 is 0. The molecule has 0 unspecified atom stereocenters. The van der Waals surface area contributed by atoms with Crippen molar-refractivity contribution >= 4 is 78.8 Å². The van der Waals surface area contributed by atoms with Gasteiger partial charge in [-0.2, -0.15) is 0 Å². The van der Waals surface area contributed by atoms with Gasteiger partial charge in [0, 0.05) is 34.1 Å². The van der Waals surface area contributed by atoms with Crippen LogP contribution in [-0.4, -0.2) is 6.71 Å². The van der Waals surface area contributed by atoms with Crippen LogP contribution < -0.4 is 26.2 Å². The highest BCUT2D eigenvalue weighted by Gasteiger charge is 2.44. The first-order valence-corrected chi connectivity index (χ1v) is 25.5. The lowest BCUT2D eigenvalue weighted by Crippen LogP contribution is -2.61. The lowest BCUT2D eigenvalue weighted by Gasteiger charge is -2.45. The number of hydrogen-bond acceptors (Lipinski definition) is 2. The Morgan fingerprint density at radius 2 is 0.662 bits per heavy atom. The van der Waals surface area contributed by atoms with Crippen molar-refractivity contribution in [2.24, 2.45) is 0 Å². The fraction of sp³-hybridized carbons (Fsp3) is 0.176. The van der Waals surface area contributed by atoms with E-state index in [0.717, 1.165) is 11.4 Å². The predicted octanol–water partition coefficient (Wildman–Crippen LogP) is 17.0. The van der Waals surface area contributed by atoms with Crippen LogP contribution in [0.3, 0.4) is 0 Å². The summed E-state index contributed by atoms with van der Waals surface area (Å²) in [6, 6.07) is 78.2. The molecular formula is C68H61BN2. The molecule has 0 spiro atoms. The first kappa shape index (κ1) is 44.6. The Morgan fingerprint density at radius 1 is 0.296 bits per heavy atom. The van der Waals surface area contributed by atoms with E-state index in [1.165, 1.54) is 111 Å². The Balaban J connectivity index is 1.20. The lowest BCUT2D eigenvalue weighted by atomic mass is 9.33. The van der Waals surface area contributed by atoms with Crippen molar-refractivity contribution in [1.29, 1.82) is 0 Å². The third-order valence-corrected chi connectivity index (χ3v) is 15.2. The number of benzene rings is 10. The smallest absolute Gasteiger partial charge is 0.252 e. The van der Waals surface area contributed by atoms with Crippen LogP contribution in [0.2, 0.25) is 0 Å². The normalized spacial score (nSPS) is 13.3. The monoisotopic (exact) mass is 916 g/mol. The summed E-state index contributed by atoms with van der Waals surface area (Å²) in [5, 5.41) is 5.04. The third kappa shape index (κ3) is 7.48. The number of rotatable bonds is 5. The number of hydrogen-bond donors (Lipinski definition) is 0. The number of para-hydroxylation sites is 2. The first-order chi connectivity index (χ1) is 34.1. The average molecular weight is 917 g/mol. The van der Waals surface area contributed by atoms with Gasteiger partial charge in [0.25, 0.3) is 6.71 Å². The molecule has 0 aromatic heterocycles. The lowest BCUT2D eigenvalue weighted by molar-refractivity contribution is 0.590. The zero-order valence-electron chi connectivity index (χ0n) is 42.6. The quantitative estimate of drug-likeness (QED) is 0.125. The van der Waals surface area contributed by atoms with E-state index in [1.807, 2.05) is 0 Å². The van der Waals surface area contributed by atoms with Crippen LogP contribution in [0.5, 0.6) is 0 Å². The average Bonchev–Trinajstić information content (AvgIpc) is 3.37. The largest absolute Gasteiger partial charge is 0.311 e. The van der Waals surface area contributed by atoms with Gasteiger partial charge in [-0.1, -0.05) is 214 Å². The van der Waals surface area contributed by atoms with Crippen LogP contribution in [0.25, 0.3) is 54.9 Å². The van der Waals surface area contributed by atoms with E-state index in [9.17, 15) is 0 Å². The highest BCUT2D eigenvalue weighted by atomic mass is 15.2. The molecule has 2 heterocycles. The van der Waals surface area contributed by atoms with E-state index in [1.54, 1.807) is 0 Å². The van der Waals surface area contributed by atoms with Crippen LogP contribution in [0.1, 0.15) is 79.0 Å². The van der Waals surface area contributed by atoms with Gasteiger partial charge in [-0.25, -0.2) is 0 Å². The summed E-state index contributed by atoms with van der Waals surface area (Å²) >= 11 is 0. The van der Waals surface area contributed by atoms with E-state index in [0.29, 0.717) is 0 Å². The van der Waals surface area contributed by atoms with Crippen molar-refractivity contribution in [3.8, 4) is 33.4 Å². The molecule has 0 amide bonds. The molecule has 10 aromatic carbocycles. The topological polar surface area (TPSA) is 6.48 Å². The van der Waals surface area contributed by atoms with Crippen molar-refractivity contribution in [3.63, 3.8) is 0 Å². The molecule has 2 aliphatic rings. The second kappa shape index (κ2) is 16.5.